The Labute approximate surface area is 123 Å². The van der Waals surface area contributed by atoms with E-state index in [0.29, 0.717) is 11.4 Å². The summed E-state index contributed by atoms with van der Waals surface area (Å²) >= 11 is 0. The Morgan fingerprint density at radius 1 is 1.24 bits per heavy atom. The van der Waals surface area contributed by atoms with Gasteiger partial charge in [0.1, 0.15) is 11.9 Å². The lowest BCUT2D eigenvalue weighted by Crippen LogP contribution is -2.46. The van der Waals surface area contributed by atoms with Crippen LogP contribution in [0.4, 0.5) is 5.95 Å². The van der Waals surface area contributed by atoms with Crippen LogP contribution in [0.25, 0.3) is 16.9 Å². The molecule has 1 spiro atoms. The van der Waals surface area contributed by atoms with Gasteiger partial charge in [-0.2, -0.15) is 5.26 Å². The zero-order chi connectivity index (χ0) is 14.4. The number of nitrogens with zero attached hydrogens (tertiary/aromatic N) is 3. The normalized spacial score (nSPS) is 20.1. The molecular weight excluding hydrogens is 262 g/mol. The summed E-state index contributed by atoms with van der Waals surface area (Å²) in [7, 11) is 0. The number of benzene rings is 1. The largest absolute Gasteiger partial charge is 0.384 e. The van der Waals surface area contributed by atoms with E-state index in [1.54, 1.807) is 0 Å². The molecule has 21 heavy (non-hydrogen) atoms. The Hall–Kier alpha value is -2.48. The maximum Gasteiger partial charge on any atom is 0.210 e. The molecule has 4 rings (SSSR count). The molecule has 5 heteroatoms. The number of nitriles is 1. The van der Waals surface area contributed by atoms with Crippen molar-refractivity contribution in [3.63, 3.8) is 0 Å². The first-order valence-electron chi connectivity index (χ1n) is 7.41. The molecule has 2 heterocycles. The molecule has 1 saturated carbocycles. The fourth-order valence-electron chi connectivity index (χ4n) is 3.68. The third-order valence-electron chi connectivity index (χ3n) is 4.71. The summed E-state index contributed by atoms with van der Waals surface area (Å²) in [5, 5.41) is 13.2. The van der Waals surface area contributed by atoms with Gasteiger partial charge in [-0.1, -0.05) is 31.4 Å². The summed E-state index contributed by atoms with van der Waals surface area (Å²) in [5.74, 6) is 1.29. The van der Waals surface area contributed by atoms with Crippen LogP contribution in [0.1, 0.15) is 32.1 Å². The zero-order valence-electron chi connectivity index (χ0n) is 11.8. The Bertz CT molecular complexity index is 787. The number of nitrogens with two attached hydrogens (primary N) is 1. The number of hydrogen-bond donors (Lipinski definition) is 2. The minimum absolute atomic E-state index is 0.325. The number of imidazole rings is 1. The molecule has 0 radical (unpaired) electrons. The van der Waals surface area contributed by atoms with Gasteiger partial charge in [-0.15, -0.1) is 0 Å². The lowest BCUT2D eigenvalue weighted by molar-refractivity contribution is 0.368. The van der Waals surface area contributed by atoms with Gasteiger partial charge in [0.2, 0.25) is 5.95 Å². The molecule has 0 bridgehead atoms. The van der Waals surface area contributed by atoms with E-state index in [0.717, 1.165) is 42.7 Å². The van der Waals surface area contributed by atoms with Gasteiger partial charge in [0.05, 0.1) is 22.1 Å². The minimum atomic E-state index is -0.325. The summed E-state index contributed by atoms with van der Waals surface area (Å²) < 4.78 is 1.87. The molecule has 1 aliphatic carbocycles. The van der Waals surface area contributed by atoms with Crippen LogP contribution in [0.15, 0.2) is 29.8 Å². The predicted octanol–water partition coefficient (Wildman–Crippen LogP) is 2.82. The smallest absolute Gasteiger partial charge is 0.210 e. The number of anilines is 1. The van der Waals surface area contributed by atoms with Crippen LogP contribution in [-0.2, 0) is 0 Å². The summed E-state index contributed by atoms with van der Waals surface area (Å²) in [6, 6.07) is 10.2. The van der Waals surface area contributed by atoms with Crippen LogP contribution >= 0.6 is 0 Å². The number of para-hydroxylation sites is 2. The third-order valence-corrected chi connectivity index (χ3v) is 4.71. The van der Waals surface area contributed by atoms with Gasteiger partial charge >= 0.3 is 0 Å². The van der Waals surface area contributed by atoms with Crippen molar-refractivity contribution in [3.8, 4) is 6.07 Å². The van der Waals surface area contributed by atoms with E-state index in [2.05, 4.69) is 16.4 Å². The summed E-state index contributed by atoms with van der Waals surface area (Å²) in [6.45, 7) is 0. The van der Waals surface area contributed by atoms with Gasteiger partial charge in [0.25, 0.3) is 0 Å². The van der Waals surface area contributed by atoms with Crippen molar-refractivity contribution in [2.24, 2.45) is 5.73 Å². The molecule has 1 aromatic carbocycles. The fourth-order valence-corrected chi connectivity index (χ4v) is 3.68. The monoisotopic (exact) mass is 279 g/mol. The first-order valence-corrected chi connectivity index (χ1v) is 7.41. The topological polar surface area (TPSA) is 79.7 Å². The van der Waals surface area contributed by atoms with Crippen LogP contribution in [0.5, 0.6) is 0 Å². The molecule has 1 aliphatic heterocycles. The van der Waals surface area contributed by atoms with Crippen molar-refractivity contribution in [1.29, 1.82) is 5.26 Å². The summed E-state index contributed by atoms with van der Waals surface area (Å²) in [6.07, 6.45) is 5.34. The fraction of sp³-hybridized carbons (Fsp3) is 0.375. The quantitative estimate of drug-likeness (QED) is 0.777. The highest BCUT2D eigenvalue weighted by Gasteiger charge is 2.42. The number of nitrogens with one attached hydrogen (secondary N) is 1. The van der Waals surface area contributed by atoms with Crippen molar-refractivity contribution in [2.75, 3.05) is 5.32 Å². The van der Waals surface area contributed by atoms with Crippen molar-refractivity contribution < 1.29 is 0 Å². The van der Waals surface area contributed by atoms with Crippen molar-refractivity contribution in [3.05, 3.63) is 29.8 Å². The van der Waals surface area contributed by atoms with Gasteiger partial charge in [-0.25, -0.2) is 4.98 Å². The molecule has 1 fully saturated rings. The van der Waals surface area contributed by atoms with Gasteiger partial charge < -0.3 is 11.1 Å². The lowest BCUT2D eigenvalue weighted by Gasteiger charge is -2.41. The van der Waals surface area contributed by atoms with Crippen molar-refractivity contribution in [1.82, 2.24) is 9.55 Å². The van der Waals surface area contributed by atoms with E-state index in [9.17, 15) is 5.26 Å². The number of rotatable bonds is 0. The maximum atomic E-state index is 9.65. The van der Waals surface area contributed by atoms with Crippen LogP contribution in [0.3, 0.4) is 0 Å². The van der Waals surface area contributed by atoms with Crippen molar-refractivity contribution in [2.45, 2.75) is 37.6 Å². The second kappa shape index (κ2) is 4.26. The van der Waals surface area contributed by atoms with Gasteiger partial charge in [0, 0.05) is 0 Å². The molecule has 5 nitrogen and oxygen atoms in total. The van der Waals surface area contributed by atoms with Crippen LogP contribution in [0, 0.1) is 11.3 Å². The van der Waals surface area contributed by atoms with E-state index in [4.69, 9.17) is 5.73 Å². The first-order chi connectivity index (χ1) is 10.2. The Morgan fingerprint density at radius 3 is 2.76 bits per heavy atom. The predicted molar refractivity (Wildman–Crippen MR) is 82.2 cm³/mol. The second-order valence-electron chi connectivity index (χ2n) is 5.90. The maximum absolute atomic E-state index is 9.65. The SMILES string of the molecule is N#CC1=C(N)n2c(nc3ccccc32)NC12CCCCC2. The Kier molecular flexibility index (Phi) is 2.49. The van der Waals surface area contributed by atoms with Crippen LogP contribution in [-0.4, -0.2) is 15.1 Å². The molecule has 0 unspecified atom stereocenters. The first kappa shape index (κ1) is 12.3. The minimum Gasteiger partial charge on any atom is -0.384 e. The number of hydrogen-bond acceptors (Lipinski definition) is 4. The molecule has 2 aliphatic rings. The average molecular weight is 279 g/mol. The Morgan fingerprint density at radius 2 is 2.00 bits per heavy atom. The van der Waals surface area contributed by atoms with Gasteiger partial charge in [-0.05, 0) is 25.0 Å². The van der Waals surface area contributed by atoms with E-state index in [1.807, 2.05) is 28.8 Å². The summed E-state index contributed by atoms with van der Waals surface area (Å²) in [5.41, 5.74) is 8.53. The third kappa shape index (κ3) is 1.59. The van der Waals surface area contributed by atoms with E-state index in [1.165, 1.54) is 6.42 Å². The van der Waals surface area contributed by atoms with Crippen LogP contribution in [0.2, 0.25) is 0 Å². The average Bonchev–Trinajstić information content (AvgIpc) is 2.86. The molecule has 3 N–H and O–H groups in total. The summed E-state index contributed by atoms with van der Waals surface area (Å²) in [4.78, 5) is 4.65. The van der Waals surface area contributed by atoms with E-state index >= 15 is 0 Å². The molecule has 106 valence electrons. The molecule has 2 aromatic rings. The number of fused-ring (bicyclic) bond motifs is 3. The van der Waals surface area contributed by atoms with Gasteiger partial charge in [-0.3, -0.25) is 4.57 Å². The lowest BCUT2D eigenvalue weighted by atomic mass is 9.76. The molecule has 1 aromatic heterocycles. The zero-order valence-corrected chi connectivity index (χ0v) is 11.8. The highest BCUT2D eigenvalue weighted by molar-refractivity contribution is 5.86. The van der Waals surface area contributed by atoms with E-state index in [-0.39, 0.29) is 5.54 Å². The molecule has 0 amide bonds. The molecular formula is C16H17N5. The molecule has 0 atom stereocenters. The number of aromatic nitrogens is 2. The highest BCUT2D eigenvalue weighted by atomic mass is 15.3. The highest BCUT2D eigenvalue weighted by Crippen LogP contribution is 2.42. The second-order valence-corrected chi connectivity index (χ2v) is 5.90. The molecule has 0 saturated heterocycles. The Balaban J connectivity index is 1.98. The van der Waals surface area contributed by atoms with Gasteiger partial charge in [0.15, 0.2) is 0 Å². The van der Waals surface area contributed by atoms with Crippen LogP contribution < -0.4 is 11.1 Å². The standard InChI is InChI=1S/C16H17N5/c17-10-11-14(18)21-13-7-3-2-6-12(13)19-15(21)20-16(11)8-4-1-5-9-16/h2-3,6-7H,1,4-5,8-9,18H2,(H,19,20). The van der Waals surface area contributed by atoms with E-state index < -0.39 is 0 Å². The van der Waals surface area contributed by atoms with Crippen molar-refractivity contribution >= 4 is 22.8 Å².